The van der Waals surface area contributed by atoms with Gasteiger partial charge in [0.2, 0.25) is 9.84 Å². The molecule has 0 fully saturated rings. The van der Waals surface area contributed by atoms with Gasteiger partial charge in [-0.3, -0.25) is 4.79 Å². The Morgan fingerprint density at radius 2 is 1.86 bits per heavy atom. The van der Waals surface area contributed by atoms with Crippen molar-refractivity contribution in [1.82, 2.24) is 0 Å². The molecule has 0 aromatic heterocycles. The van der Waals surface area contributed by atoms with Crippen LogP contribution in [-0.2, 0) is 14.6 Å². The number of sulfone groups is 1. The lowest BCUT2D eigenvalue weighted by Gasteiger charge is -2.13. The van der Waals surface area contributed by atoms with Crippen LogP contribution in [0, 0.1) is 5.92 Å². The lowest BCUT2D eigenvalue weighted by Crippen LogP contribution is -2.13. The van der Waals surface area contributed by atoms with Crippen molar-refractivity contribution in [2.45, 2.75) is 30.4 Å². The first kappa shape index (κ1) is 17.4. The average molecular weight is 321 g/mol. The van der Waals surface area contributed by atoms with Crippen LogP contribution in [-0.4, -0.2) is 31.8 Å². The van der Waals surface area contributed by atoms with E-state index in [9.17, 15) is 22.0 Å². The highest BCUT2D eigenvalue weighted by Gasteiger charge is 2.26. The molecule has 0 heterocycles. The van der Waals surface area contributed by atoms with Crippen LogP contribution < -0.4 is 5.32 Å². The van der Waals surface area contributed by atoms with E-state index < -0.39 is 26.5 Å². The molecule has 118 valence electrons. The zero-order valence-corrected chi connectivity index (χ0v) is 12.2. The average Bonchev–Trinajstić information content (AvgIpc) is 2.43. The lowest BCUT2D eigenvalue weighted by atomic mass is 10.1. The highest BCUT2D eigenvalue weighted by atomic mass is 32.2. The van der Waals surface area contributed by atoms with Gasteiger partial charge >= 0.3 is 11.7 Å². The molecule has 8 heteroatoms. The molecule has 1 atom stereocenters. The van der Waals surface area contributed by atoms with Crippen molar-refractivity contribution in [3.8, 4) is 0 Å². The number of alkyl halides is 2. The summed E-state index contributed by atoms with van der Waals surface area (Å²) in [4.78, 5) is 10.00. The Hall–Kier alpha value is -1.70. The van der Waals surface area contributed by atoms with Crippen LogP contribution >= 0.6 is 0 Å². The summed E-state index contributed by atoms with van der Waals surface area (Å²) in [6.07, 6.45) is 0.592. The van der Waals surface area contributed by atoms with Gasteiger partial charge < -0.3 is 10.4 Å². The first-order valence-corrected chi connectivity index (χ1v) is 7.86. The summed E-state index contributed by atoms with van der Waals surface area (Å²) < 4.78 is 47.2. The third-order valence-corrected chi connectivity index (χ3v) is 4.32. The summed E-state index contributed by atoms with van der Waals surface area (Å²) in [5.74, 6) is -4.18. The molecule has 1 aromatic rings. The number of hydrogen-bond acceptors (Lipinski definition) is 4. The van der Waals surface area contributed by atoms with E-state index in [-0.39, 0.29) is 12.3 Å². The van der Waals surface area contributed by atoms with Crippen molar-refractivity contribution in [2.75, 3.05) is 11.9 Å². The smallest absolute Gasteiger partial charge is 0.341 e. The van der Waals surface area contributed by atoms with Gasteiger partial charge in [-0.25, -0.2) is 8.42 Å². The van der Waals surface area contributed by atoms with Crippen LogP contribution in [0.15, 0.2) is 29.2 Å². The molecular weight excluding hydrogens is 304 g/mol. The number of carbonyl (C=O) groups is 1. The molecule has 1 aromatic carbocycles. The first-order chi connectivity index (χ1) is 9.73. The van der Waals surface area contributed by atoms with Crippen molar-refractivity contribution in [2.24, 2.45) is 5.92 Å². The minimum atomic E-state index is -4.57. The third kappa shape index (κ3) is 5.30. The van der Waals surface area contributed by atoms with Gasteiger partial charge in [0.15, 0.2) is 0 Å². The van der Waals surface area contributed by atoms with Crippen LogP contribution in [0.25, 0.3) is 0 Å². The van der Waals surface area contributed by atoms with E-state index in [0.717, 1.165) is 12.1 Å². The monoisotopic (exact) mass is 321 g/mol. The lowest BCUT2D eigenvalue weighted by molar-refractivity contribution is -0.137. The number of nitrogens with one attached hydrogen (secondary N) is 1. The maximum atomic E-state index is 12.4. The third-order valence-electron chi connectivity index (χ3n) is 2.92. The zero-order valence-electron chi connectivity index (χ0n) is 11.4. The Kier molecular flexibility index (Phi) is 6.07. The molecule has 1 unspecified atom stereocenters. The fourth-order valence-electron chi connectivity index (χ4n) is 1.63. The Morgan fingerprint density at radius 1 is 1.29 bits per heavy atom. The quantitative estimate of drug-likeness (QED) is 0.769. The fourth-order valence-corrected chi connectivity index (χ4v) is 2.35. The van der Waals surface area contributed by atoms with Crippen molar-refractivity contribution in [3.05, 3.63) is 24.3 Å². The Bertz CT molecular complexity index is 572. The normalized spacial score (nSPS) is 13.1. The second-order valence-electron chi connectivity index (χ2n) is 4.75. The summed E-state index contributed by atoms with van der Waals surface area (Å²) in [6.45, 7) is 2.39. The predicted molar refractivity (Wildman–Crippen MR) is 74.2 cm³/mol. The molecule has 2 N–H and O–H groups in total. The second-order valence-corrected chi connectivity index (χ2v) is 6.67. The van der Waals surface area contributed by atoms with Crippen LogP contribution in [0.4, 0.5) is 14.5 Å². The van der Waals surface area contributed by atoms with Crippen LogP contribution in [0.2, 0.25) is 0 Å². The Balaban J connectivity index is 2.58. The molecule has 0 aliphatic heterocycles. The van der Waals surface area contributed by atoms with Gasteiger partial charge in [-0.15, -0.1) is 0 Å². The summed E-state index contributed by atoms with van der Waals surface area (Å²) in [7, 11) is -4.57. The van der Waals surface area contributed by atoms with E-state index >= 15 is 0 Å². The van der Waals surface area contributed by atoms with Gasteiger partial charge in [0.05, 0.1) is 4.90 Å². The van der Waals surface area contributed by atoms with E-state index in [1.54, 1.807) is 0 Å². The highest BCUT2D eigenvalue weighted by molar-refractivity contribution is 7.91. The summed E-state index contributed by atoms with van der Waals surface area (Å²) in [6, 6.07) is 5.04. The maximum absolute atomic E-state index is 12.4. The van der Waals surface area contributed by atoms with Gasteiger partial charge in [-0.1, -0.05) is 6.92 Å². The molecule has 21 heavy (non-hydrogen) atoms. The van der Waals surface area contributed by atoms with E-state index in [4.69, 9.17) is 5.11 Å². The van der Waals surface area contributed by atoms with E-state index in [0.29, 0.717) is 18.7 Å². The minimum absolute atomic E-state index is 0.0778. The number of anilines is 1. The maximum Gasteiger partial charge on any atom is 0.341 e. The topological polar surface area (TPSA) is 83.5 Å². The summed E-state index contributed by atoms with van der Waals surface area (Å²) in [5.41, 5.74) is 0.588. The Morgan fingerprint density at radius 3 is 2.33 bits per heavy atom. The molecule has 1 rings (SSSR count). The molecule has 0 saturated heterocycles. The van der Waals surface area contributed by atoms with Crippen LogP contribution in [0.5, 0.6) is 0 Å². The van der Waals surface area contributed by atoms with Crippen molar-refractivity contribution < 1.29 is 27.1 Å². The molecule has 0 bridgehead atoms. The van der Waals surface area contributed by atoms with Gasteiger partial charge in [-0.2, -0.15) is 8.78 Å². The fraction of sp³-hybridized carbons (Fsp3) is 0.462. The van der Waals surface area contributed by atoms with E-state index in [1.807, 2.05) is 6.92 Å². The molecule has 0 saturated carbocycles. The predicted octanol–water partition coefficient (Wildman–Crippen LogP) is 2.60. The van der Waals surface area contributed by atoms with Crippen molar-refractivity contribution in [1.29, 1.82) is 0 Å². The standard InChI is InChI=1S/C13H17F2NO4S/c1-9(2-7-12(17)18)8-16-10-3-5-11(6-4-10)21(19,20)13(14)15/h3-6,9,13,16H,2,7-8H2,1H3,(H,17,18). The molecule has 5 nitrogen and oxygen atoms in total. The SMILES string of the molecule is CC(CCC(=O)O)CNc1ccc(S(=O)(=O)C(F)F)cc1. The number of halogens is 2. The van der Waals surface area contributed by atoms with Gasteiger partial charge in [-0.05, 0) is 36.6 Å². The van der Waals surface area contributed by atoms with Crippen LogP contribution in [0.1, 0.15) is 19.8 Å². The van der Waals surface area contributed by atoms with Gasteiger partial charge in [0.1, 0.15) is 0 Å². The molecule has 0 spiro atoms. The van der Waals surface area contributed by atoms with E-state index in [1.165, 1.54) is 12.1 Å². The number of carboxylic acid groups (broad SMARTS) is 1. The number of benzene rings is 1. The second kappa shape index (κ2) is 7.35. The van der Waals surface area contributed by atoms with Gasteiger partial charge in [0.25, 0.3) is 0 Å². The number of carboxylic acids is 1. The molecule has 0 aliphatic rings. The first-order valence-electron chi connectivity index (χ1n) is 6.31. The van der Waals surface area contributed by atoms with Crippen molar-refractivity contribution in [3.63, 3.8) is 0 Å². The van der Waals surface area contributed by atoms with Gasteiger partial charge in [0, 0.05) is 18.7 Å². The summed E-state index contributed by atoms with van der Waals surface area (Å²) >= 11 is 0. The minimum Gasteiger partial charge on any atom is -0.481 e. The van der Waals surface area contributed by atoms with Crippen molar-refractivity contribution >= 4 is 21.5 Å². The zero-order chi connectivity index (χ0) is 16.0. The molecule has 0 aliphatic carbocycles. The van der Waals surface area contributed by atoms with E-state index in [2.05, 4.69) is 5.32 Å². The largest absolute Gasteiger partial charge is 0.481 e. The molecular formula is C13H17F2NO4S. The number of rotatable bonds is 8. The molecule has 0 radical (unpaired) electrons. The Labute approximate surface area is 121 Å². The molecule has 0 amide bonds. The highest BCUT2D eigenvalue weighted by Crippen LogP contribution is 2.20. The number of aliphatic carboxylic acids is 1. The summed E-state index contributed by atoms with van der Waals surface area (Å²) in [5, 5.41) is 11.6. The van der Waals surface area contributed by atoms with Crippen LogP contribution in [0.3, 0.4) is 0 Å². The number of hydrogen-bond donors (Lipinski definition) is 2.